The Morgan fingerprint density at radius 2 is 1.68 bits per heavy atom. The van der Waals surface area contributed by atoms with E-state index in [1.165, 1.54) is 38.5 Å². The quantitative estimate of drug-likeness (QED) is 0.751. The van der Waals surface area contributed by atoms with Crippen LogP contribution in [0.25, 0.3) is 0 Å². The summed E-state index contributed by atoms with van der Waals surface area (Å²) in [5, 5.41) is 6.89. The van der Waals surface area contributed by atoms with Gasteiger partial charge in [-0.25, -0.2) is 0 Å². The number of carbonyl (C=O) groups is 2. The summed E-state index contributed by atoms with van der Waals surface area (Å²) in [6.07, 6.45) is 10.4. The van der Waals surface area contributed by atoms with Crippen LogP contribution in [0.4, 0.5) is 0 Å². The van der Waals surface area contributed by atoms with Crippen molar-refractivity contribution < 1.29 is 9.59 Å². The van der Waals surface area contributed by atoms with Crippen molar-refractivity contribution in [2.45, 2.75) is 82.8 Å². The average Bonchev–Trinajstić information content (AvgIpc) is 3.00. The maximum Gasteiger partial charge on any atom is 0.234 e. The molecule has 3 aliphatic heterocycles. The number of carbonyl (C=O) groups excluding carboxylic acids is 2. The number of hydrogen-bond donors (Lipinski definition) is 2. The molecule has 3 saturated heterocycles. The highest BCUT2D eigenvalue weighted by molar-refractivity contribution is 5.78. The van der Waals surface area contributed by atoms with Crippen molar-refractivity contribution in [2.75, 3.05) is 32.7 Å². The minimum atomic E-state index is 0.157. The average molecular weight is 391 g/mol. The van der Waals surface area contributed by atoms with Crippen LogP contribution in [0.5, 0.6) is 0 Å². The molecule has 4 atom stereocenters. The van der Waals surface area contributed by atoms with Gasteiger partial charge in [-0.3, -0.25) is 14.5 Å². The van der Waals surface area contributed by atoms with Crippen LogP contribution in [0.2, 0.25) is 0 Å². The number of fused-ring (bicyclic) bond motifs is 2. The highest BCUT2D eigenvalue weighted by Crippen LogP contribution is 2.33. The summed E-state index contributed by atoms with van der Waals surface area (Å²) in [6, 6.07) is 1.66. The topological polar surface area (TPSA) is 64.7 Å². The molecular weight excluding hydrogens is 352 g/mol. The van der Waals surface area contributed by atoms with Gasteiger partial charge in [-0.2, -0.15) is 0 Å². The fourth-order valence-electron chi connectivity index (χ4n) is 5.91. The smallest absolute Gasteiger partial charge is 0.234 e. The van der Waals surface area contributed by atoms with Gasteiger partial charge in [0.2, 0.25) is 11.8 Å². The fourth-order valence-corrected chi connectivity index (χ4v) is 5.91. The van der Waals surface area contributed by atoms with Crippen molar-refractivity contribution in [3.8, 4) is 0 Å². The first-order chi connectivity index (χ1) is 13.5. The Balaban J connectivity index is 1.15. The van der Waals surface area contributed by atoms with Crippen LogP contribution in [0.1, 0.15) is 64.7 Å². The zero-order valence-corrected chi connectivity index (χ0v) is 17.5. The predicted octanol–water partition coefficient (Wildman–Crippen LogP) is 1.75. The third kappa shape index (κ3) is 5.26. The Hall–Kier alpha value is -1.14. The van der Waals surface area contributed by atoms with E-state index in [4.69, 9.17) is 0 Å². The van der Waals surface area contributed by atoms with E-state index in [9.17, 15) is 9.59 Å². The minimum Gasteiger partial charge on any atom is -0.352 e. The molecule has 158 valence electrons. The van der Waals surface area contributed by atoms with Crippen LogP contribution in [-0.2, 0) is 9.59 Å². The zero-order chi connectivity index (χ0) is 19.5. The molecule has 2 N–H and O–H groups in total. The van der Waals surface area contributed by atoms with Gasteiger partial charge in [0.1, 0.15) is 0 Å². The van der Waals surface area contributed by atoms with Crippen molar-refractivity contribution in [1.29, 1.82) is 0 Å². The Bertz CT molecular complexity index is 549. The van der Waals surface area contributed by atoms with E-state index >= 15 is 0 Å². The van der Waals surface area contributed by atoms with E-state index in [-0.39, 0.29) is 5.91 Å². The number of rotatable bonds is 5. The SMILES string of the molecule is CC1CCCC(NC(=O)CN2CCN(C(=O)CC3CC4CCC(C3)N4)CC2)C1. The fraction of sp³-hybridized carbons (Fsp3) is 0.909. The second-order valence-electron chi connectivity index (χ2n) is 9.87. The Morgan fingerprint density at radius 1 is 0.964 bits per heavy atom. The van der Waals surface area contributed by atoms with Crippen molar-refractivity contribution in [1.82, 2.24) is 20.4 Å². The molecule has 4 unspecified atom stereocenters. The summed E-state index contributed by atoms with van der Waals surface area (Å²) >= 11 is 0. The molecular formula is C22H38N4O2. The molecule has 6 heteroatoms. The molecule has 0 spiro atoms. The molecule has 4 fully saturated rings. The van der Waals surface area contributed by atoms with Crippen LogP contribution >= 0.6 is 0 Å². The summed E-state index contributed by atoms with van der Waals surface area (Å²) in [5.41, 5.74) is 0. The molecule has 4 rings (SSSR count). The number of piperazine rings is 1. The Morgan fingerprint density at radius 3 is 2.36 bits per heavy atom. The normalized spacial score (nSPS) is 36.3. The van der Waals surface area contributed by atoms with E-state index in [0.717, 1.165) is 51.4 Å². The lowest BCUT2D eigenvalue weighted by atomic mass is 9.87. The molecule has 2 bridgehead atoms. The van der Waals surface area contributed by atoms with Gasteiger partial charge in [-0.05, 0) is 50.4 Å². The molecule has 1 saturated carbocycles. The molecule has 4 aliphatic rings. The third-order valence-electron chi connectivity index (χ3n) is 7.43. The summed E-state index contributed by atoms with van der Waals surface area (Å²) in [6.45, 7) is 5.93. The first kappa shape index (κ1) is 20.1. The summed E-state index contributed by atoms with van der Waals surface area (Å²) in [7, 11) is 0. The van der Waals surface area contributed by atoms with E-state index < -0.39 is 0 Å². The second-order valence-corrected chi connectivity index (χ2v) is 9.87. The lowest BCUT2D eigenvalue weighted by Gasteiger charge is -2.36. The Kier molecular flexibility index (Phi) is 6.56. The number of piperidine rings is 1. The van der Waals surface area contributed by atoms with Gasteiger partial charge in [0.25, 0.3) is 0 Å². The molecule has 0 radical (unpaired) electrons. The van der Waals surface area contributed by atoms with Gasteiger partial charge in [0, 0.05) is 50.7 Å². The standard InChI is InChI=1S/C22H38N4O2/c1-16-3-2-4-18(11-16)24-21(27)15-25-7-9-26(10-8-25)22(28)14-17-12-19-5-6-20(13-17)23-19/h16-20,23H,2-15H2,1H3,(H,24,27). The lowest BCUT2D eigenvalue weighted by Crippen LogP contribution is -2.52. The number of hydrogen-bond acceptors (Lipinski definition) is 4. The molecule has 28 heavy (non-hydrogen) atoms. The largest absolute Gasteiger partial charge is 0.352 e. The number of nitrogens with zero attached hydrogens (tertiary/aromatic N) is 2. The second kappa shape index (κ2) is 9.12. The first-order valence-electron chi connectivity index (χ1n) is 11.6. The van der Waals surface area contributed by atoms with E-state index in [0.29, 0.717) is 36.5 Å². The maximum atomic E-state index is 12.7. The highest BCUT2D eigenvalue weighted by atomic mass is 16.2. The van der Waals surface area contributed by atoms with Crippen LogP contribution < -0.4 is 10.6 Å². The molecule has 0 aromatic carbocycles. The first-order valence-corrected chi connectivity index (χ1v) is 11.6. The Labute approximate surface area is 169 Å². The maximum absolute atomic E-state index is 12.7. The van der Waals surface area contributed by atoms with Crippen LogP contribution in [0.3, 0.4) is 0 Å². The lowest BCUT2D eigenvalue weighted by molar-refractivity contribution is -0.134. The van der Waals surface area contributed by atoms with E-state index in [1.54, 1.807) is 0 Å². The minimum absolute atomic E-state index is 0.157. The molecule has 0 aromatic rings. The van der Waals surface area contributed by atoms with E-state index in [1.807, 2.05) is 4.90 Å². The third-order valence-corrected chi connectivity index (χ3v) is 7.43. The number of nitrogens with one attached hydrogen (secondary N) is 2. The summed E-state index contributed by atoms with van der Waals surface area (Å²) in [5.74, 6) is 1.77. The van der Waals surface area contributed by atoms with Crippen molar-refractivity contribution in [3.63, 3.8) is 0 Å². The van der Waals surface area contributed by atoms with Crippen molar-refractivity contribution in [3.05, 3.63) is 0 Å². The summed E-state index contributed by atoms with van der Waals surface area (Å²) in [4.78, 5) is 29.4. The van der Waals surface area contributed by atoms with Crippen LogP contribution in [0, 0.1) is 11.8 Å². The highest BCUT2D eigenvalue weighted by Gasteiger charge is 2.35. The van der Waals surface area contributed by atoms with Crippen LogP contribution in [0.15, 0.2) is 0 Å². The molecule has 1 aliphatic carbocycles. The monoisotopic (exact) mass is 390 g/mol. The van der Waals surface area contributed by atoms with E-state index in [2.05, 4.69) is 22.5 Å². The zero-order valence-electron chi connectivity index (χ0n) is 17.5. The molecule has 3 heterocycles. The molecule has 6 nitrogen and oxygen atoms in total. The van der Waals surface area contributed by atoms with Crippen LogP contribution in [-0.4, -0.2) is 72.5 Å². The molecule has 0 aromatic heterocycles. The molecule has 2 amide bonds. The van der Waals surface area contributed by atoms with Gasteiger partial charge in [0.05, 0.1) is 6.54 Å². The predicted molar refractivity (Wildman–Crippen MR) is 110 cm³/mol. The van der Waals surface area contributed by atoms with Crippen molar-refractivity contribution in [2.24, 2.45) is 11.8 Å². The van der Waals surface area contributed by atoms with Gasteiger partial charge >= 0.3 is 0 Å². The van der Waals surface area contributed by atoms with Gasteiger partial charge in [0.15, 0.2) is 0 Å². The van der Waals surface area contributed by atoms with Gasteiger partial charge in [-0.1, -0.05) is 19.8 Å². The van der Waals surface area contributed by atoms with Gasteiger partial charge in [-0.15, -0.1) is 0 Å². The number of amides is 2. The van der Waals surface area contributed by atoms with Crippen molar-refractivity contribution >= 4 is 11.8 Å². The van der Waals surface area contributed by atoms with Gasteiger partial charge < -0.3 is 15.5 Å². The summed E-state index contributed by atoms with van der Waals surface area (Å²) < 4.78 is 0.